The third kappa shape index (κ3) is 7.24. The molecule has 0 saturated carbocycles. The predicted octanol–water partition coefficient (Wildman–Crippen LogP) is 20.2. The first-order valence-electron chi connectivity index (χ1n) is 27.4. The summed E-state index contributed by atoms with van der Waals surface area (Å²) in [5.74, 6) is 1.63. The van der Waals surface area contributed by atoms with E-state index in [9.17, 15) is 0 Å². The van der Waals surface area contributed by atoms with Gasteiger partial charge in [0.25, 0.3) is 0 Å². The average Bonchev–Trinajstić information content (AvgIpc) is 4.40. The third-order valence-electron chi connectivity index (χ3n) is 16.4. The van der Waals surface area contributed by atoms with E-state index in [-0.39, 0.29) is 0 Å². The Labute approximate surface area is 464 Å². The van der Waals surface area contributed by atoms with E-state index in [0.29, 0.717) is 17.5 Å². The van der Waals surface area contributed by atoms with Crippen LogP contribution in [0, 0.1) is 0 Å². The molecule has 4 heterocycles. The number of rotatable bonds is 7. The number of furan rings is 2. The molecule has 13 aromatic carbocycles. The quantitative estimate of drug-likeness (QED) is 0.159. The lowest BCUT2D eigenvalue weighted by molar-refractivity contribution is 0.668. The number of hydrogen-bond donors (Lipinski definition) is 0. The normalized spacial score (nSPS) is 12.0. The highest BCUT2D eigenvalue weighted by atomic mass is 16.3. The van der Waals surface area contributed by atoms with Gasteiger partial charge in [-0.05, 0) is 109 Å². The Balaban J connectivity index is 0.912. The summed E-state index contributed by atoms with van der Waals surface area (Å²) in [6, 6.07) is 94.9. The largest absolute Gasteiger partial charge is 0.456 e. The van der Waals surface area contributed by atoms with Gasteiger partial charge in [-0.3, -0.25) is 0 Å². The van der Waals surface area contributed by atoms with Gasteiger partial charge in [-0.15, -0.1) is 0 Å². The van der Waals surface area contributed by atoms with E-state index >= 15 is 0 Å². The maximum atomic E-state index is 7.09. The minimum absolute atomic E-state index is 0.534. The van der Waals surface area contributed by atoms with Gasteiger partial charge in [0.2, 0.25) is 0 Å². The van der Waals surface area contributed by atoms with Gasteiger partial charge in [0.1, 0.15) is 22.3 Å². The van der Waals surface area contributed by atoms with Crippen molar-refractivity contribution in [3.8, 4) is 73.2 Å². The van der Waals surface area contributed by atoms with Crippen molar-refractivity contribution in [2.75, 3.05) is 0 Å². The summed E-state index contributed by atoms with van der Waals surface area (Å²) in [6.07, 6.45) is 0. The lowest BCUT2D eigenvalue weighted by atomic mass is 9.94. The molecule has 376 valence electrons. The summed E-state index contributed by atoms with van der Waals surface area (Å²) in [6.45, 7) is 0. The van der Waals surface area contributed by atoms with E-state index in [1.54, 1.807) is 0 Å². The average molecular weight is 1030 g/mol. The molecule has 0 saturated heterocycles. The minimum Gasteiger partial charge on any atom is -0.456 e. The smallest absolute Gasteiger partial charge is 0.164 e. The summed E-state index contributed by atoms with van der Waals surface area (Å²) in [5.41, 5.74) is 15.6. The van der Waals surface area contributed by atoms with Crippen LogP contribution in [0.5, 0.6) is 0 Å². The van der Waals surface area contributed by atoms with Crippen molar-refractivity contribution in [2.24, 2.45) is 0 Å². The molecule has 0 N–H and O–H groups in total. The molecule has 6 nitrogen and oxygen atoms in total. The maximum Gasteiger partial charge on any atom is 0.164 e. The van der Waals surface area contributed by atoms with Crippen LogP contribution >= 0.6 is 0 Å². The zero-order valence-corrected chi connectivity index (χ0v) is 43.5. The highest BCUT2D eigenvalue weighted by molar-refractivity contribution is 6.24. The lowest BCUT2D eigenvalue weighted by Crippen LogP contribution is -2.00. The van der Waals surface area contributed by atoms with E-state index in [4.69, 9.17) is 23.8 Å². The van der Waals surface area contributed by atoms with Crippen LogP contribution in [0.2, 0.25) is 0 Å². The second-order valence-corrected chi connectivity index (χ2v) is 21.0. The fraction of sp³-hybridized carbons (Fsp3) is 0. The molecule has 4 aromatic heterocycles. The first kappa shape index (κ1) is 45.1. The zero-order chi connectivity index (χ0) is 53.1. The zero-order valence-electron chi connectivity index (χ0n) is 43.5. The first-order valence-corrected chi connectivity index (χ1v) is 27.4. The second kappa shape index (κ2) is 17.8. The fourth-order valence-corrected chi connectivity index (χ4v) is 12.6. The highest BCUT2D eigenvalue weighted by Gasteiger charge is 2.24. The number of nitrogens with zero attached hydrogens (tertiary/aromatic N) is 4. The second-order valence-electron chi connectivity index (χ2n) is 21.0. The lowest BCUT2D eigenvalue weighted by Gasteiger charge is -2.16. The van der Waals surface area contributed by atoms with Crippen LogP contribution in [-0.4, -0.2) is 19.5 Å². The molecule has 0 amide bonds. The number of benzene rings is 13. The Hall–Kier alpha value is -11.0. The van der Waals surface area contributed by atoms with Crippen molar-refractivity contribution in [2.45, 2.75) is 0 Å². The first-order chi connectivity index (χ1) is 40.1. The van der Waals surface area contributed by atoms with Crippen molar-refractivity contribution in [3.05, 3.63) is 267 Å². The molecule has 17 aromatic rings. The Morgan fingerprint density at radius 1 is 0.247 bits per heavy atom. The molecule has 0 atom stereocenters. The van der Waals surface area contributed by atoms with Crippen LogP contribution < -0.4 is 0 Å². The van der Waals surface area contributed by atoms with Gasteiger partial charge in [-0.2, -0.15) is 0 Å². The summed E-state index contributed by atoms with van der Waals surface area (Å²) >= 11 is 0. The van der Waals surface area contributed by atoms with Gasteiger partial charge in [-0.1, -0.05) is 212 Å². The molecule has 0 radical (unpaired) electrons. The molecule has 0 bridgehead atoms. The van der Waals surface area contributed by atoms with E-state index < -0.39 is 0 Å². The van der Waals surface area contributed by atoms with E-state index in [0.717, 1.165) is 105 Å². The minimum atomic E-state index is 0.534. The van der Waals surface area contributed by atoms with E-state index in [2.05, 4.69) is 235 Å². The number of para-hydroxylation sites is 1. The number of fused-ring (bicyclic) bond motifs is 13. The predicted molar refractivity (Wildman–Crippen MR) is 334 cm³/mol. The molecule has 0 unspecified atom stereocenters. The monoisotopic (exact) mass is 1030 g/mol. The van der Waals surface area contributed by atoms with E-state index in [1.165, 1.54) is 48.7 Å². The van der Waals surface area contributed by atoms with Gasteiger partial charge in [0.15, 0.2) is 17.5 Å². The van der Waals surface area contributed by atoms with Crippen LogP contribution in [0.25, 0.3) is 171 Å². The Morgan fingerprint density at radius 2 is 0.790 bits per heavy atom. The van der Waals surface area contributed by atoms with Crippen molar-refractivity contribution in [3.63, 3.8) is 0 Å². The van der Waals surface area contributed by atoms with Crippen molar-refractivity contribution in [1.82, 2.24) is 19.5 Å². The van der Waals surface area contributed by atoms with Crippen molar-refractivity contribution < 1.29 is 8.83 Å². The van der Waals surface area contributed by atoms with Crippen LogP contribution in [0.4, 0.5) is 0 Å². The van der Waals surface area contributed by atoms with E-state index in [1.807, 2.05) is 36.4 Å². The molecule has 0 spiro atoms. The summed E-state index contributed by atoms with van der Waals surface area (Å²) in [7, 11) is 0. The maximum absolute atomic E-state index is 7.09. The van der Waals surface area contributed by atoms with Crippen molar-refractivity contribution >= 4 is 98.0 Å². The van der Waals surface area contributed by atoms with Crippen LogP contribution in [0.1, 0.15) is 0 Å². The highest BCUT2D eigenvalue weighted by Crippen LogP contribution is 2.46. The molecular weight excluding hydrogens is 989 g/mol. The molecule has 0 aliphatic heterocycles. The van der Waals surface area contributed by atoms with Crippen LogP contribution in [0.15, 0.2) is 276 Å². The summed E-state index contributed by atoms with van der Waals surface area (Å²) in [4.78, 5) is 16.0. The molecular formula is C75H44N4O2. The van der Waals surface area contributed by atoms with Gasteiger partial charge >= 0.3 is 0 Å². The molecule has 81 heavy (non-hydrogen) atoms. The number of hydrogen-bond acceptors (Lipinski definition) is 5. The van der Waals surface area contributed by atoms with Crippen LogP contribution in [0.3, 0.4) is 0 Å². The molecule has 17 rings (SSSR count). The fourth-order valence-electron chi connectivity index (χ4n) is 12.6. The molecule has 0 fully saturated rings. The SMILES string of the molecule is c1ccc(-c2ccc(-c3nc(-c4ccc5c(c4)oc4ccccc45)nc(-c4cccc5oc6cc(-n7c8cc9ccccc9cc8c8c9ccccc9ccc87)c(-c7ccc(-c8cccc9ccccc89)cc7)cc6c45)n3)cc2)cc1. The summed E-state index contributed by atoms with van der Waals surface area (Å²) < 4.78 is 16.0. The van der Waals surface area contributed by atoms with Gasteiger partial charge in [-0.25, -0.2) is 15.0 Å². The van der Waals surface area contributed by atoms with Gasteiger partial charge in [0.05, 0.1) is 16.7 Å². The molecule has 6 heteroatoms. The van der Waals surface area contributed by atoms with Crippen molar-refractivity contribution in [1.29, 1.82) is 0 Å². The molecule has 0 aliphatic rings. The van der Waals surface area contributed by atoms with Gasteiger partial charge < -0.3 is 13.4 Å². The standard InChI is InChI=1S/C75H44N4O2/c1-2-14-45(15-3-1)46-28-34-51(35-29-46)73-76-74(54-36-38-59-58-23-10-11-26-67(58)80-69(59)42-54)78-75(77-73)60-25-13-27-68-72(60)63-43-61(50-32-30-49(31-33-50)56-24-12-20-47-16-6-8-21-55(47)56)66(44-70(63)81-68)79-64-39-37-48-17-7-9-22-57(48)71(64)62-40-52-18-4-5-19-53(52)41-65(62)79/h1-44H. The van der Waals surface area contributed by atoms with Crippen LogP contribution in [-0.2, 0) is 0 Å². The summed E-state index contributed by atoms with van der Waals surface area (Å²) in [5, 5.41) is 13.6. The Bertz CT molecular complexity index is 5400. The number of aromatic nitrogens is 4. The third-order valence-corrected chi connectivity index (χ3v) is 16.4. The Kier molecular flexibility index (Phi) is 9.91. The topological polar surface area (TPSA) is 69.9 Å². The Morgan fingerprint density at radius 3 is 1.60 bits per heavy atom. The van der Waals surface area contributed by atoms with Gasteiger partial charge in [0, 0.05) is 60.6 Å². The molecule has 0 aliphatic carbocycles.